The van der Waals surface area contributed by atoms with Crippen molar-refractivity contribution in [2.75, 3.05) is 0 Å². The summed E-state index contributed by atoms with van der Waals surface area (Å²) in [6, 6.07) is 16.4. The maximum Gasteiger partial charge on any atom is 0.275 e. The van der Waals surface area contributed by atoms with Crippen molar-refractivity contribution in [3.8, 4) is 0 Å². The van der Waals surface area contributed by atoms with Gasteiger partial charge in [0, 0.05) is 10.3 Å². The fraction of sp³-hybridized carbons (Fsp3) is 0.0667. The van der Waals surface area contributed by atoms with Crippen molar-refractivity contribution in [1.82, 2.24) is 25.0 Å². The molecule has 0 atom stereocenters. The molecule has 0 aliphatic rings. The van der Waals surface area contributed by atoms with Gasteiger partial charge in [0.1, 0.15) is 5.03 Å². The Labute approximate surface area is 125 Å². The Morgan fingerprint density at radius 2 is 1.81 bits per heavy atom. The third kappa shape index (κ3) is 2.13. The van der Waals surface area contributed by atoms with E-state index in [0.717, 1.165) is 20.8 Å². The van der Waals surface area contributed by atoms with Crippen molar-refractivity contribution >= 4 is 28.4 Å². The second-order valence-corrected chi connectivity index (χ2v) is 5.80. The zero-order chi connectivity index (χ0) is 14.2. The normalized spacial score (nSPS) is 11.3. The summed E-state index contributed by atoms with van der Waals surface area (Å²) < 4.78 is 1.66. The lowest BCUT2D eigenvalue weighted by molar-refractivity contribution is 0.839. The van der Waals surface area contributed by atoms with Gasteiger partial charge >= 0.3 is 0 Å². The van der Waals surface area contributed by atoms with Crippen molar-refractivity contribution in [2.24, 2.45) is 0 Å². The molecule has 0 saturated carbocycles. The van der Waals surface area contributed by atoms with Gasteiger partial charge in [0.25, 0.3) is 5.78 Å². The van der Waals surface area contributed by atoms with Crippen LogP contribution in [0.4, 0.5) is 0 Å². The Hall–Kier alpha value is -2.47. The van der Waals surface area contributed by atoms with Gasteiger partial charge in [0.15, 0.2) is 0 Å². The Kier molecular flexibility index (Phi) is 2.82. The van der Waals surface area contributed by atoms with Crippen LogP contribution in [0.25, 0.3) is 16.7 Å². The van der Waals surface area contributed by atoms with Crippen LogP contribution in [0.5, 0.6) is 0 Å². The van der Waals surface area contributed by atoms with Gasteiger partial charge in [-0.05, 0) is 35.5 Å². The zero-order valence-electron chi connectivity index (χ0n) is 11.3. The molecule has 0 bridgehead atoms. The van der Waals surface area contributed by atoms with Crippen molar-refractivity contribution in [3.05, 3.63) is 54.1 Å². The monoisotopic (exact) mass is 293 g/mol. The van der Waals surface area contributed by atoms with E-state index in [1.54, 1.807) is 16.3 Å². The van der Waals surface area contributed by atoms with Gasteiger partial charge in [-0.25, -0.2) is 4.98 Å². The van der Waals surface area contributed by atoms with Gasteiger partial charge in [0.05, 0.1) is 5.52 Å². The Bertz CT molecular complexity index is 930. The number of aryl methyl sites for hydroxylation is 1. The first-order chi connectivity index (χ1) is 10.3. The Balaban J connectivity index is 1.91. The molecular weight excluding hydrogens is 282 g/mol. The van der Waals surface area contributed by atoms with E-state index in [4.69, 9.17) is 0 Å². The molecule has 0 unspecified atom stereocenters. The molecule has 2 heterocycles. The topological polar surface area (TPSA) is 56.0 Å². The molecule has 0 aliphatic heterocycles. The van der Waals surface area contributed by atoms with Crippen LogP contribution < -0.4 is 0 Å². The van der Waals surface area contributed by atoms with E-state index in [1.807, 2.05) is 24.3 Å². The van der Waals surface area contributed by atoms with E-state index >= 15 is 0 Å². The van der Waals surface area contributed by atoms with E-state index in [1.165, 1.54) is 5.56 Å². The van der Waals surface area contributed by atoms with Crippen LogP contribution >= 0.6 is 11.8 Å². The molecule has 0 radical (unpaired) electrons. The van der Waals surface area contributed by atoms with Crippen molar-refractivity contribution in [3.63, 3.8) is 0 Å². The van der Waals surface area contributed by atoms with Gasteiger partial charge in [-0.15, -0.1) is 0 Å². The maximum absolute atomic E-state index is 4.57. The third-order valence-corrected chi connectivity index (χ3v) is 4.27. The van der Waals surface area contributed by atoms with Crippen LogP contribution in [0, 0.1) is 6.92 Å². The second kappa shape index (κ2) is 4.82. The zero-order valence-corrected chi connectivity index (χ0v) is 12.1. The number of nitrogens with zero attached hydrogens (tertiary/aromatic N) is 5. The number of tetrazole rings is 1. The number of para-hydroxylation sites is 1. The molecule has 5 nitrogen and oxygen atoms in total. The summed E-state index contributed by atoms with van der Waals surface area (Å²) in [6.45, 7) is 2.08. The lowest BCUT2D eigenvalue weighted by Crippen LogP contribution is -1.96. The summed E-state index contributed by atoms with van der Waals surface area (Å²) >= 11 is 1.62. The number of rotatable bonds is 2. The van der Waals surface area contributed by atoms with Crippen molar-refractivity contribution < 1.29 is 0 Å². The van der Waals surface area contributed by atoms with E-state index in [9.17, 15) is 0 Å². The molecule has 0 fully saturated rings. The summed E-state index contributed by atoms with van der Waals surface area (Å²) in [5.74, 6) is 0.517. The standard InChI is InChI=1S/C15H11N5S/c1-10-6-8-11(9-7-10)21-14-12-4-2-3-5-13(12)20-15(16-14)17-18-19-20/h2-9H,1H3. The minimum Gasteiger partial charge on any atom is -0.202 e. The fourth-order valence-corrected chi connectivity index (χ4v) is 3.10. The minimum atomic E-state index is 0.517. The largest absolute Gasteiger partial charge is 0.275 e. The number of benzene rings is 2. The molecule has 0 amide bonds. The summed E-state index contributed by atoms with van der Waals surface area (Å²) in [5.41, 5.74) is 2.20. The SMILES string of the molecule is Cc1ccc(Sc2nc3nnnn3c3ccccc23)cc1. The molecule has 4 aromatic rings. The van der Waals surface area contributed by atoms with E-state index in [0.29, 0.717) is 5.78 Å². The molecule has 0 N–H and O–H groups in total. The van der Waals surface area contributed by atoms with Crippen LogP contribution in [0.3, 0.4) is 0 Å². The van der Waals surface area contributed by atoms with E-state index in [2.05, 4.69) is 51.7 Å². The summed E-state index contributed by atoms with van der Waals surface area (Å²) in [6.07, 6.45) is 0. The maximum atomic E-state index is 4.57. The quantitative estimate of drug-likeness (QED) is 0.531. The number of hydrogen-bond acceptors (Lipinski definition) is 5. The molecule has 0 aliphatic carbocycles. The van der Waals surface area contributed by atoms with E-state index < -0.39 is 0 Å². The van der Waals surface area contributed by atoms with Crippen LogP contribution in [-0.2, 0) is 0 Å². The molecule has 102 valence electrons. The second-order valence-electron chi connectivity index (χ2n) is 4.74. The van der Waals surface area contributed by atoms with Crippen molar-refractivity contribution in [2.45, 2.75) is 16.8 Å². The van der Waals surface area contributed by atoms with Gasteiger partial charge in [-0.2, -0.15) is 4.52 Å². The highest BCUT2D eigenvalue weighted by Crippen LogP contribution is 2.32. The summed E-state index contributed by atoms with van der Waals surface area (Å²) in [5, 5.41) is 13.6. The molecule has 0 spiro atoms. The lowest BCUT2D eigenvalue weighted by atomic mass is 10.2. The highest BCUT2D eigenvalue weighted by atomic mass is 32.2. The van der Waals surface area contributed by atoms with Gasteiger partial charge < -0.3 is 0 Å². The fourth-order valence-electron chi connectivity index (χ4n) is 2.19. The molecular formula is C15H11N5S. The molecule has 21 heavy (non-hydrogen) atoms. The number of aromatic nitrogens is 5. The molecule has 4 rings (SSSR count). The van der Waals surface area contributed by atoms with Crippen LogP contribution in [0.1, 0.15) is 5.56 Å². The van der Waals surface area contributed by atoms with Crippen molar-refractivity contribution in [1.29, 1.82) is 0 Å². The highest BCUT2D eigenvalue weighted by Gasteiger charge is 2.11. The molecule has 2 aromatic heterocycles. The summed E-state index contributed by atoms with van der Waals surface area (Å²) in [7, 11) is 0. The first-order valence-corrected chi connectivity index (χ1v) is 7.34. The average Bonchev–Trinajstić information content (AvgIpc) is 2.98. The van der Waals surface area contributed by atoms with Crippen LogP contribution in [0.2, 0.25) is 0 Å². The lowest BCUT2D eigenvalue weighted by Gasteiger charge is -2.06. The predicted molar refractivity (Wildman–Crippen MR) is 81.4 cm³/mol. The van der Waals surface area contributed by atoms with Gasteiger partial charge in [0.2, 0.25) is 0 Å². The first-order valence-electron chi connectivity index (χ1n) is 6.52. The van der Waals surface area contributed by atoms with Gasteiger partial charge in [-0.1, -0.05) is 52.8 Å². The molecule has 6 heteroatoms. The first kappa shape index (κ1) is 12.3. The smallest absolute Gasteiger partial charge is 0.202 e. The predicted octanol–water partition coefficient (Wildman–Crippen LogP) is 3.13. The van der Waals surface area contributed by atoms with Crippen LogP contribution in [0.15, 0.2) is 58.5 Å². The third-order valence-electron chi connectivity index (χ3n) is 3.25. The summed E-state index contributed by atoms with van der Waals surface area (Å²) in [4.78, 5) is 5.72. The number of fused-ring (bicyclic) bond motifs is 3. The highest BCUT2D eigenvalue weighted by molar-refractivity contribution is 7.99. The molecule has 2 aromatic carbocycles. The Morgan fingerprint density at radius 3 is 2.67 bits per heavy atom. The Morgan fingerprint density at radius 1 is 1.00 bits per heavy atom. The van der Waals surface area contributed by atoms with Crippen LogP contribution in [-0.4, -0.2) is 25.0 Å². The minimum absolute atomic E-state index is 0.517. The average molecular weight is 293 g/mol. The number of hydrogen-bond donors (Lipinski definition) is 0. The van der Waals surface area contributed by atoms with Gasteiger partial charge in [-0.3, -0.25) is 0 Å². The molecule has 0 saturated heterocycles. The van der Waals surface area contributed by atoms with E-state index in [-0.39, 0.29) is 0 Å².